The summed E-state index contributed by atoms with van der Waals surface area (Å²) in [6, 6.07) is 41.8. The van der Waals surface area contributed by atoms with Crippen molar-refractivity contribution in [2.75, 3.05) is 0 Å². The molecule has 0 aliphatic carbocycles. The van der Waals surface area contributed by atoms with Gasteiger partial charge in [-0.3, -0.25) is 9.55 Å². The van der Waals surface area contributed by atoms with Crippen molar-refractivity contribution in [3.05, 3.63) is 133 Å². The minimum Gasteiger partial charge on any atom is -0.309 e. The van der Waals surface area contributed by atoms with Crippen LogP contribution in [0.5, 0.6) is 0 Å². The fraction of sp³-hybridized carbons (Fsp3) is 0.100. The SMILES string of the molecule is CC(C)(C)c1ccnc(-n2c3ccccc3c3ccc(-n4c5ccccc5c5cc6ccc7cccnc7c6cc54)cc32)c1. The van der Waals surface area contributed by atoms with Gasteiger partial charge in [0, 0.05) is 50.4 Å². The van der Waals surface area contributed by atoms with Crippen molar-refractivity contribution in [2.24, 2.45) is 0 Å². The number of nitrogens with zero attached hydrogens (tertiary/aromatic N) is 4. The van der Waals surface area contributed by atoms with Gasteiger partial charge in [-0.15, -0.1) is 0 Å². The molecule has 0 saturated carbocycles. The molecule has 4 nitrogen and oxygen atoms in total. The highest BCUT2D eigenvalue weighted by Crippen LogP contribution is 2.39. The Hall–Kier alpha value is -5.48. The van der Waals surface area contributed by atoms with Crippen molar-refractivity contribution < 1.29 is 0 Å². The van der Waals surface area contributed by atoms with Gasteiger partial charge in [0.05, 0.1) is 27.6 Å². The Bertz CT molecular complexity index is 2590. The summed E-state index contributed by atoms with van der Waals surface area (Å²) in [5, 5.41) is 8.44. The average molecular weight is 567 g/mol. The Morgan fingerprint density at radius 3 is 2.00 bits per heavy atom. The lowest BCUT2D eigenvalue weighted by atomic mass is 9.88. The van der Waals surface area contributed by atoms with E-state index in [1.807, 2.05) is 18.5 Å². The van der Waals surface area contributed by atoms with E-state index >= 15 is 0 Å². The molecule has 9 aromatic rings. The average Bonchev–Trinajstić information content (AvgIpc) is 3.55. The van der Waals surface area contributed by atoms with E-state index in [-0.39, 0.29) is 5.41 Å². The second-order valence-corrected chi connectivity index (χ2v) is 12.8. The molecule has 0 N–H and O–H groups in total. The molecule has 0 spiro atoms. The Labute approximate surface area is 254 Å². The molecule has 0 radical (unpaired) electrons. The molecule has 0 aliphatic rings. The van der Waals surface area contributed by atoms with Crippen LogP contribution in [0.4, 0.5) is 0 Å². The van der Waals surface area contributed by atoms with Crippen molar-refractivity contribution in [3.63, 3.8) is 0 Å². The maximum Gasteiger partial charge on any atom is 0.137 e. The largest absolute Gasteiger partial charge is 0.309 e. The van der Waals surface area contributed by atoms with E-state index < -0.39 is 0 Å². The first kappa shape index (κ1) is 25.1. The monoisotopic (exact) mass is 566 g/mol. The Morgan fingerprint density at radius 2 is 1.18 bits per heavy atom. The summed E-state index contributed by atoms with van der Waals surface area (Å²) in [6.45, 7) is 6.75. The zero-order chi connectivity index (χ0) is 29.6. The van der Waals surface area contributed by atoms with Crippen LogP contribution < -0.4 is 0 Å². The van der Waals surface area contributed by atoms with Crippen LogP contribution in [-0.4, -0.2) is 19.1 Å². The number of para-hydroxylation sites is 2. The molecule has 210 valence electrons. The molecule has 4 heteroatoms. The second-order valence-electron chi connectivity index (χ2n) is 12.8. The van der Waals surface area contributed by atoms with E-state index in [4.69, 9.17) is 9.97 Å². The van der Waals surface area contributed by atoms with E-state index in [1.54, 1.807) is 0 Å². The summed E-state index contributed by atoms with van der Waals surface area (Å²) >= 11 is 0. The van der Waals surface area contributed by atoms with Crippen molar-refractivity contribution in [1.82, 2.24) is 19.1 Å². The first-order valence-corrected chi connectivity index (χ1v) is 15.2. The van der Waals surface area contributed by atoms with Crippen LogP contribution in [0.1, 0.15) is 26.3 Å². The standard InChI is InChI=1S/C40H30N4/c1-40(2,3)27-18-20-41-38(22-27)44-35-13-7-4-10-29(35)31-17-16-28(23-36(31)44)43-34-12-6-5-11-30(34)33-21-26-15-14-25-9-8-19-42-39(25)32(26)24-37(33)43/h4-24H,1-3H3. The van der Waals surface area contributed by atoms with Crippen LogP contribution in [0.25, 0.3) is 76.8 Å². The molecule has 4 aromatic heterocycles. The van der Waals surface area contributed by atoms with Gasteiger partial charge < -0.3 is 4.57 Å². The molecular formula is C40H30N4. The Kier molecular flexibility index (Phi) is 5.13. The lowest BCUT2D eigenvalue weighted by Gasteiger charge is -2.20. The number of benzene rings is 5. The zero-order valence-electron chi connectivity index (χ0n) is 24.9. The molecule has 5 aromatic carbocycles. The lowest BCUT2D eigenvalue weighted by molar-refractivity contribution is 0.588. The van der Waals surface area contributed by atoms with Gasteiger partial charge in [0.15, 0.2) is 0 Å². The number of aromatic nitrogens is 4. The third-order valence-corrected chi connectivity index (χ3v) is 9.14. The van der Waals surface area contributed by atoms with Gasteiger partial charge in [0.2, 0.25) is 0 Å². The third kappa shape index (κ3) is 3.58. The van der Waals surface area contributed by atoms with Crippen molar-refractivity contribution in [2.45, 2.75) is 26.2 Å². The third-order valence-electron chi connectivity index (χ3n) is 9.14. The van der Waals surface area contributed by atoms with Gasteiger partial charge in [-0.25, -0.2) is 4.98 Å². The molecule has 0 saturated heterocycles. The molecule has 0 atom stereocenters. The van der Waals surface area contributed by atoms with Crippen molar-refractivity contribution in [1.29, 1.82) is 0 Å². The minimum atomic E-state index is 0.0202. The van der Waals surface area contributed by atoms with Crippen molar-refractivity contribution >= 4 is 65.3 Å². The molecule has 0 bridgehead atoms. The van der Waals surface area contributed by atoms with Gasteiger partial charge >= 0.3 is 0 Å². The lowest BCUT2D eigenvalue weighted by Crippen LogP contribution is -2.12. The normalized spacial score (nSPS) is 12.4. The predicted octanol–water partition coefficient (Wildman–Crippen LogP) is 10.3. The summed E-state index contributed by atoms with van der Waals surface area (Å²) in [6.07, 6.45) is 3.83. The first-order valence-electron chi connectivity index (χ1n) is 15.2. The van der Waals surface area contributed by atoms with E-state index in [1.165, 1.54) is 43.5 Å². The molecule has 0 unspecified atom stereocenters. The van der Waals surface area contributed by atoms with Gasteiger partial charge in [-0.05, 0) is 71.0 Å². The highest BCUT2D eigenvalue weighted by molar-refractivity contribution is 6.18. The summed E-state index contributed by atoms with van der Waals surface area (Å²) in [7, 11) is 0. The van der Waals surface area contributed by atoms with E-state index in [9.17, 15) is 0 Å². The second kappa shape index (κ2) is 9.01. The molecule has 0 aliphatic heterocycles. The highest BCUT2D eigenvalue weighted by atomic mass is 15.1. The summed E-state index contributed by atoms with van der Waals surface area (Å²) in [5.74, 6) is 0.937. The Morgan fingerprint density at radius 1 is 0.477 bits per heavy atom. The molecular weight excluding hydrogens is 536 g/mol. The molecule has 9 rings (SSSR count). The summed E-state index contributed by atoms with van der Waals surface area (Å²) in [5.41, 5.74) is 8.09. The smallest absolute Gasteiger partial charge is 0.137 e. The summed E-state index contributed by atoms with van der Waals surface area (Å²) < 4.78 is 4.73. The van der Waals surface area contributed by atoms with Crippen LogP contribution in [0.3, 0.4) is 0 Å². The number of fused-ring (bicyclic) bond motifs is 9. The van der Waals surface area contributed by atoms with Crippen LogP contribution in [0.2, 0.25) is 0 Å². The van der Waals surface area contributed by atoms with E-state index in [2.05, 4.69) is 139 Å². The van der Waals surface area contributed by atoms with Crippen molar-refractivity contribution in [3.8, 4) is 11.5 Å². The van der Waals surface area contributed by atoms with Gasteiger partial charge in [0.1, 0.15) is 5.82 Å². The van der Waals surface area contributed by atoms with Crippen LogP contribution in [0, 0.1) is 0 Å². The van der Waals surface area contributed by atoms with Gasteiger partial charge in [-0.1, -0.05) is 81.4 Å². The quantitative estimate of drug-likeness (QED) is 0.195. The van der Waals surface area contributed by atoms with Crippen LogP contribution in [0.15, 0.2) is 128 Å². The van der Waals surface area contributed by atoms with Gasteiger partial charge in [-0.2, -0.15) is 0 Å². The zero-order valence-corrected chi connectivity index (χ0v) is 24.9. The fourth-order valence-corrected chi connectivity index (χ4v) is 6.96. The van der Waals surface area contributed by atoms with E-state index in [0.717, 1.165) is 38.8 Å². The maximum absolute atomic E-state index is 4.90. The number of hydrogen-bond donors (Lipinski definition) is 0. The predicted molar refractivity (Wildman–Crippen MR) is 184 cm³/mol. The molecule has 44 heavy (non-hydrogen) atoms. The number of rotatable bonds is 2. The fourth-order valence-electron chi connectivity index (χ4n) is 6.96. The maximum atomic E-state index is 4.90. The molecule has 0 fully saturated rings. The minimum absolute atomic E-state index is 0.0202. The Balaban J connectivity index is 1.38. The number of hydrogen-bond acceptors (Lipinski definition) is 2. The van der Waals surface area contributed by atoms with Gasteiger partial charge in [0.25, 0.3) is 0 Å². The molecule has 4 heterocycles. The highest BCUT2D eigenvalue weighted by Gasteiger charge is 2.20. The van der Waals surface area contributed by atoms with E-state index in [0.29, 0.717) is 0 Å². The number of pyridine rings is 2. The molecule has 0 amide bonds. The van der Waals surface area contributed by atoms with Crippen LogP contribution >= 0.6 is 0 Å². The first-order chi connectivity index (χ1) is 21.5. The van der Waals surface area contributed by atoms with Crippen LogP contribution in [-0.2, 0) is 5.41 Å². The summed E-state index contributed by atoms with van der Waals surface area (Å²) in [4.78, 5) is 9.69. The topological polar surface area (TPSA) is 35.6 Å².